The van der Waals surface area contributed by atoms with Gasteiger partial charge in [0.05, 0.1) is 0 Å². The molecule has 2 rings (SSSR count). The first-order chi connectivity index (χ1) is 9.13. The highest BCUT2D eigenvalue weighted by molar-refractivity contribution is 5.69. The molecule has 0 radical (unpaired) electrons. The molecule has 2 aromatic rings. The van der Waals surface area contributed by atoms with Gasteiger partial charge in [-0.3, -0.25) is 13.9 Å². The van der Waals surface area contributed by atoms with Gasteiger partial charge < -0.3 is 4.98 Å². The first kappa shape index (κ1) is 13.6. The van der Waals surface area contributed by atoms with Gasteiger partial charge in [-0.1, -0.05) is 20.3 Å². The molecule has 0 amide bonds. The van der Waals surface area contributed by atoms with E-state index in [0.29, 0.717) is 30.7 Å². The number of hydrogen-bond acceptors (Lipinski definition) is 3. The molecule has 0 saturated heterocycles. The van der Waals surface area contributed by atoms with Crippen LogP contribution in [0.25, 0.3) is 11.2 Å². The van der Waals surface area contributed by atoms with E-state index in [9.17, 15) is 9.59 Å². The molecule has 0 aliphatic carbocycles. The van der Waals surface area contributed by atoms with Crippen LogP contribution in [0.15, 0.2) is 9.59 Å². The van der Waals surface area contributed by atoms with Crippen molar-refractivity contribution in [1.82, 2.24) is 19.1 Å². The Labute approximate surface area is 111 Å². The maximum atomic E-state index is 12.3. The topological polar surface area (TPSA) is 72.7 Å². The number of aromatic nitrogens is 4. The fourth-order valence-electron chi connectivity index (χ4n) is 2.18. The van der Waals surface area contributed by atoms with Gasteiger partial charge >= 0.3 is 5.69 Å². The zero-order chi connectivity index (χ0) is 14.0. The Kier molecular flexibility index (Phi) is 3.87. The van der Waals surface area contributed by atoms with Crippen molar-refractivity contribution in [2.75, 3.05) is 0 Å². The summed E-state index contributed by atoms with van der Waals surface area (Å²) in [6.07, 6.45) is 2.59. The largest absolute Gasteiger partial charge is 0.336 e. The molecule has 1 N–H and O–H groups in total. The van der Waals surface area contributed by atoms with Gasteiger partial charge in [-0.25, -0.2) is 9.78 Å². The third-order valence-corrected chi connectivity index (χ3v) is 3.30. The molecule has 6 heteroatoms. The van der Waals surface area contributed by atoms with Crippen LogP contribution in [0.4, 0.5) is 0 Å². The monoisotopic (exact) mass is 264 g/mol. The zero-order valence-corrected chi connectivity index (χ0v) is 11.7. The summed E-state index contributed by atoms with van der Waals surface area (Å²) in [5.41, 5.74) is 0.393. The summed E-state index contributed by atoms with van der Waals surface area (Å²) in [6, 6.07) is 0. The van der Waals surface area contributed by atoms with E-state index in [2.05, 4.69) is 16.9 Å². The second-order valence-electron chi connectivity index (χ2n) is 4.57. The van der Waals surface area contributed by atoms with Crippen molar-refractivity contribution in [3.05, 3.63) is 26.7 Å². The summed E-state index contributed by atoms with van der Waals surface area (Å²) in [4.78, 5) is 31.9. The highest BCUT2D eigenvalue weighted by Crippen LogP contribution is 2.07. The summed E-state index contributed by atoms with van der Waals surface area (Å²) in [5.74, 6) is 0.741. The van der Waals surface area contributed by atoms with E-state index in [1.165, 1.54) is 4.57 Å². The predicted molar refractivity (Wildman–Crippen MR) is 74.6 cm³/mol. The van der Waals surface area contributed by atoms with Crippen molar-refractivity contribution < 1.29 is 0 Å². The maximum absolute atomic E-state index is 12.3. The third kappa shape index (κ3) is 2.22. The van der Waals surface area contributed by atoms with Crippen LogP contribution in [0.5, 0.6) is 0 Å². The summed E-state index contributed by atoms with van der Waals surface area (Å²) in [7, 11) is 0. The number of unbranched alkanes of at least 4 members (excludes halogenated alkanes) is 1. The minimum atomic E-state index is -0.276. The van der Waals surface area contributed by atoms with Crippen molar-refractivity contribution in [3.63, 3.8) is 0 Å². The predicted octanol–water partition coefficient (Wildman–Crippen LogP) is 1.27. The first-order valence-corrected chi connectivity index (χ1v) is 6.86. The van der Waals surface area contributed by atoms with E-state index in [4.69, 9.17) is 0 Å². The summed E-state index contributed by atoms with van der Waals surface area (Å²) in [6.45, 7) is 6.81. The van der Waals surface area contributed by atoms with Crippen LogP contribution in [0.2, 0.25) is 0 Å². The van der Waals surface area contributed by atoms with Gasteiger partial charge in [0.1, 0.15) is 11.3 Å². The van der Waals surface area contributed by atoms with Crippen LogP contribution in [-0.4, -0.2) is 19.1 Å². The average molecular weight is 264 g/mol. The van der Waals surface area contributed by atoms with Crippen LogP contribution in [0.3, 0.4) is 0 Å². The lowest BCUT2D eigenvalue weighted by atomic mass is 10.3. The molecule has 104 valence electrons. The Morgan fingerprint density at radius 3 is 2.47 bits per heavy atom. The fourth-order valence-corrected chi connectivity index (χ4v) is 2.18. The summed E-state index contributed by atoms with van der Waals surface area (Å²) < 4.78 is 2.87. The molecule has 0 aliphatic rings. The lowest BCUT2D eigenvalue weighted by Crippen LogP contribution is -2.39. The van der Waals surface area contributed by atoms with Crippen LogP contribution in [-0.2, 0) is 19.5 Å². The van der Waals surface area contributed by atoms with Crippen LogP contribution < -0.4 is 11.2 Å². The van der Waals surface area contributed by atoms with Gasteiger partial charge in [0.25, 0.3) is 5.56 Å². The number of aromatic amines is 1. The Morgan fingerprint density at radius 1 is 1.16 bits per heavy atom. The van der Waals surface area contributed by atoms with E-state index in [-0.39, 0.29) is 11.2 Å². The highest BCUT2D eigenvalue weighted by atomic mass is 16.2. The van der Waals surface area contributed by atoms with E-state index < -0.39 is 0 Å². The molecule has 0 aromatic carbocycles. The highest BCUT2D eigenvalue weighted by Gasteiger charge is 2.15. The number of nitrogens with one attached hydrogen (secondary N) is 1. The molecule has 0 aliphatic heterocycles. The molecular formula is C13H20N4O2. The van der Waals surface area contributed by atoms with Gasteiger partial charge in [0, 0.05) is 19.5 Å². The molecule has 0 spiro atoms. The first-order valence-electron chi connectivity index (χ1n) is 6.86. The van der Waals surface area contributed by atoms with E-state index in [1.807, 2.05) is 6.92 Å². The quantitative estimate of drug-likeness (QED) is 0.883. The van der Waals surface area contributed by atoms with Crippen LogP contribution in [0.1, 0.15) is 39.4 Å². The lowest BCUT2D eigenvalue weighted by molar-refractivity contribution is 0.562. The van der Waals surface area contributed by atoms with Gasteiger partial charge in [-0.05, 0) is 13.3 Å². The maximum Gasteiger partial charge on any atom is 0.332 e. The van der Waals surface area contributed by atoms with Crippen molar-refractivity contribution >= 4 is 11.2 Å². The third-order valence-electron chi connectivity index (χ3n) is 3.30. The van der Waals surface area contributed by atoms with Gasteiger partial charge in [-0.2, -0.15) is 0 Å². The lowest BCUT2D eigenvalue weighted by Gasteiger charge is -2.09. The molecule has 2 aromatic heterocycles. The Balaban J connectivity index is 2.79. The molecule has 0 atom stereocenters. The summed E-state index contributed by atoms with van der Waals surface area (Å²) in [5, 5.41) is 0. The number of imidazole rings is 1. The number of nitrogens with zero attached hydrogens (tertiary/aromatic N) is 3. The number of fused-ring (bicyclic) bond motifs is 1. The van der Waals surface area contributed by atoms with Crippen LogP contribution in [0, 0.1) is 0 Å². The fraction of sp³-hybridized carbons (Fsp3) is 0.615. The SMILES string of the molecule is CCCCn1c(=O)n(CC)c(=O)c2[nH]c(CC)nc21. The van der Waals surface area contributed by atoms with Crippen molar-refractivity contribution in [1.29, 1.82) is 0 Å². The average Bonchev–Trinajstić information content (AvgIpc) is 2.83. The van der Waals surface area contributed by atoms with Crippen molar-refractivity contribution in [3.8, 4) is 0 Å². The molecule has 6 nitrogen and oxygen atoms in total. The second-order valence-corrected chi connectivity index (χ2v) is 4.57. The molecule has 19 heavy (non-hydrogen) atoms. The molecule has 0 unspecified atom stereocenters. The van der Waals surface area contributed by atoms with Crippen molar-refractivity contribution in [2.24, 2.45) is 0 Å². The number of hydrogen-bond donors (Lipinski definition) is 1. The molecule has 0 saturated carbocycles. The Hall–Kier alpha value is -1.85. The number of H-pyrrole nitrogens is 1. The molecule has 0 bridgehead atoms. The second kappa shape index (κ2) is 5.42. The van der Waals surface area contributed by atoms with Gasteiger partial charge in [-0.15, -0.1) is 0 Å². The molecule has 0 fully saturated rings. The normalized spacial score (nSPS) is 11.3. The van der Waals surface area contributed by atoms with E-state index >= 15 is 0 Å². The van der Waals surface area contributed by atoms with Crippen LogP contribution >= 0.6 is 0 Å². The van der Waals surface area contributed by atoms with Gasteiger partial charge in [0.2, 0.25) is 0 Å². The Morgan fingerprint density at radius 2 is 1.89 bits per heavy atom. The zero-order valence-electron chi connectivity index (χ0n) is 11.7. The molecular weight excluding hydrogens is 244 g/mol. The number of aryl methyl sites for hydroxylation is 2. The smallest absolute Gasteiger partial charge is 0.332 e. The van der Waals surface area contributed by atoms with Gasteiger partial charge in [0.15, 0.2) is 5.65 Å². The standard InChI is InChI=1S/C13H20N4O2/c1-4-7-8-17-11-10(14-9(5-2)15-11)12(18)16(6-3)13(17)19/h4-8H2,1-3H3,(H,14,15). The van der Waals surface area contributed by atoms with E-state index in [1.54, 1.807) is 11.5 Å². The molecule has 2 heterocycles. The van der Waals surface area contributed by atoms with Crippen molar-refractivity contribution in [2.45, 2.75) is 53.1 Å². The summed E-state index contributed by atoms with van der Waals surface area (Å²) >= 11 is 0. The minimum absolute atomic E-state index is 0.261. The Bertz CT molecular complexity index is 693. The number of rotatable bonds is 5. The minimum Gasteiger partial charge on any atom is -0.336 e. The van der Waals surface area contributed by atoms with E-state index in [0.717, 1.165) is 18.7 Å².